The topological polar surface area (TPSA) is 49.7 Å². The van der Waals surface area contributed by atoms with Gasteiger partial charge in [0.2, 0.25) is 0 Å². The lowest BCUT2D eigenvalue weighted by Crippen LogP contribution is -2.22. The molecule has 0 fully saturated rings. The molecule has 156 valence electrons. The number of benzene rings is 4. The molecule has 0 aliphatic rings. The van der Waals surface area contributed by atoms with Gasteiger partial charge in [-0.15, -0.1) is 0 Å². The quantitative estimate of drug-likeness (QED) is 0.377. The van der Waals surface area contributed by atoms with Crippen molar-refractivity contribution in [1.82, 2.24) is 0 Å². The molecule has 0 bridgehead atoms. The molecule has 0 aliphatic carbocycles. The molecular weight excluding hydrogens is 384 g/mol. The first-order valence-corrected chi connectivity index (χ1v) is 10.5. The Morgan fingerprint density at radius 3 is 0.935 bits per heavy atom. The van der Waals surface area contributed by atoms with Crippen molar-refractivity contribution in [3.05, 3.63) is 144 Å². The van der Waals surface area contributed by atoms with Gasteiger partial charge in [0.1, 0.15) is 24.4 Å². The standard InChI is InChI=1S/C28H26O3/c29-25(21-13-5-1-6-14-21)27(23-17-9-3-10-18-23)31-28(24-19-11-4-12-20-24)26(30)22-15-7-2-8-16-22/h1-20,25-30H. The first-order chi connectivity index (χ1) is 15.2. The molecule has 4 rings (SSSR count). The zero-order valence-electron chi connectivity index (χ0n) is 17.2. The number of aliphatic hydroxyl groups excluding tert-OH is 2. The lowest BCUT2D eigenvalue weighted by atomic mass is 9.95. The Morgan fingerprint density at radius 2 is 0.645 bits per heavy atom. The number of ether oxygens (including phenoxy) is 1. The molecule has 0 amide bonds. The van der Waals surface area contributed by atoms with Crippen molar-refractivity contribution in [2.24, 2.45) is 0 Å². The molecule has 0 heterocycles. The Morgan fingerprint density at radius 1 is 0.387 bits per heavy atom. The van der Waals surface area contributed by atoms with Crippen LogP contribution in [0, 0.1) is 0 Å². The molecule has 0 saturated heterocycles. The highest BCUT2D eigenvalue weighted by Crippen LogP contribution is 2.41. The molecule has 4 aromatic carbocycles. The maximum absolute atomic E-state index is 11.3. The van der Waals surface area contributed by atoms with Gasteiger partial charge >= 0.3 is 0 Å². The van der Waals surface area contributed by atoms with Crippen LogP contribution in [-0.4, -0.2) is 10.2 Å². The van der Waals surface area contributed by atoms with Gasteiger partial charge in [-0.25, -0.2) is 0 Å². The summed E-state index contributed by atoms with van der Waals surface area (Å²) in [6, 6.07) is 38.3. The Bertz CT molecular complexity index is 950. The highest BCUT2D eigenvalue weighted by atomic mass is 16.5. The number of aliphatic hydroxyl groups is 2. The lowest BCUT2D eigenvalue weighted by Gasteiger charge is -2.32. The van der Waals surface area contributed by atoms with Gasteiger partial charge < -0.3 is 14.9 Å². The highest BCUT2D eigenvalue weighted by Gasteiger charge is 2.31. The minimum atomic E-state index is -0.891. The van der Waals surface area contributed by atoms with Gasteiger partial charge in [0, 0.05) is 0 Å². The summed E-state index contributed by atoms with van der Waals surface area (Å²) < 4.78 is 6.56. The maximum Gasteiger partial charge on any atom is 0.114 e. The molecular formula is C28H26O3. The summed E-state index contributed by atoms with van der Waals surface area (Å²) >= 11 is 0. The molecule has 0 saturated carbocycles. The van der Waals surface area contributed by atoms with Crippen LogP contribution >= 0.6 is 0 Å². The molecule has 4 unspecified atom stereocenters. The van der Waals surface area contributed by atoms with E-state index in [9.17, 15) is 10.2 Å². The Hall–Kier alpha value is -3.24. The summed E-state index contributed by atoms with van der Waals surface area (Å²) in [4.78, 5) is 0. The van der Waals surface area contributed by atoms with E-state index in [1.54, 1.807) is 0 Å². The largest absolute Gasteiger partial charge is 0.385 e. The van der Waals surface area contributed by atoms with Gasteiger partial charge in [0.25, 0.3) is 0 Å². The molecule has 31 heavy (non-hydrogen) atoms. The SMILES string of the molecule is OC(c1ccccc1)C(OC(c1ccccc1)C(O)c1ccccc1)c1ccccc1. The molecule has 3 nitrogen and oxygen atoms in total. The number of hydrogen-bond donors (Lipinski definition) is 2. The molecule has 0 aromatic heterocycles. The summed E-state index contributed by atoms with van der Waals surface area (Å²) in [6.45, 7) is 0. The minimum Gasteiger partial charge on any atom is -0.385 e. The van der Waals surface area contributed by atoms with Crippen molar-refractivity contribution < 1.29 is 14.9 Å². The maximum atomic E-state index is 11.3. The predicted molar refractivity (Wildman–Crippen MR) is 122 cm³/mol. The van der Waals surface area contributed by atoms with Gasteiger partial charge in [0.05, 0.1) is 0 Å². The first kappa shape index (κ1) is 21.0. The van der Waals surface area contributed by atoms with Crippen molar-refractivity contribution in [2.45, 2.75) is 24.4 Å². The average Bonchev–Trinajstić information content (AvgIpc) is 2.86. The van der Waals surface area contributed by atoms with Crippen LogP contribution in [0.1, 0.15) is 46.7 Å². The number of rotatable bonds is 8. The summed E-state index contributed by atoms with van der Waals surface area (Å²) in [7, 11) is 0. The van der Waals surface area contributed by atoms with Gasteiger partial charge in [-0.1, -0.05) is 121 Å². The smallest absolute Gasteiger partial charge is 0.114 e. The lowest BCUT2D eigenvalue weighted by molar-refractivity contribution is -0.124. The average molecular weight is 411 g/mol. The van der Waals surface area contributed by atoms with Crippen LogP contribution < -0.4 is 0 Å². The van der Waals surface area contributed by atoms with Crippen LogP contribution in [0.3, 0.4) is 0 Å². The first-order valence-electron chi connectivity index (χ1n) is 10.5. The van der Waals surface area contributed by atoms with Crippen LogP contribution in [0.5, 0.6) is 0 Å². The van der Waals surface area contributed by atoms with E-state index in [1.165, 1.54) is 0 Å². The summed E-state index contributed by atoms with van der Waals surface area (Å²) in [5.74, 6) is 0. The van der Waals surface area contributed by atoms with Gasteiger partial charge in [-0.05, 0) is 22.3 Å². The van der Waals surface area contributed by atoms with Gasteiger partial charge in [-0.2, -0.15) is 0 Å². The van der Waals surface area contributed by atoms with E-state index in [0.717, 1.165) is 22.3 Å². The molecule has 0 aliphatic heterocycles. The number of hydrogen-bond acceptors (Lipinski definition) is 3. The van der Waals surface area contributed by atoms with E-state index in [4.69, 9.17) is 4.74 Å². The zero-order valence-corrected chi connectivity index (χ0v) is 17.2. The second kappa shape index (κ2) is 10.2. The highest BCUT2D eigenvalue weighted by molar-refractivity contribution is 5.28. The van der Waals surface area contributed by atoms with E-state index in [2.05, 4.69) is 0 Å². The Balaban J connectivity index is 1.73. The molecule has 2 N–H and O–H groups in total. The summed E-state index contributed by atoms with van der Waals surface area (Å²) in [6.07, 6.45) is -3.10. The van der Waals surface area contributed by atoms with E-state index < -0.39 is 24.4 Å². The van der Waals surface area contributed by atoms with Crippen molar-refractivity contribution in [1.29, 1.82) is 0 Å². The fourth-order valence-corrected chi connectivity index (χ4v) is 3.76. The Labute approximate surface area is 183 Å². The van der Waals surface area contributed by atoms with E-state index in [0.29, 0.717) is 0 Å². The molecule has 4 aromatic rings. The van der Waals surface area contributed by atoms with E-state index in [1.807, 2.05) is 121 Å². The van der Waals surface area contributed by atoms with Crippen LogP contribution in [0.2, 0.25) is 0 Å². The van der Waals surface area contributed by atoms with Crippen LogP contribution in [-0.2, 0) is 4.74 Å². The third-order valence-corrected chi connectivity index (χ3v) is 5.41. The van der Waals surface area contributed by atoms with E-state index >= 15 is 0 Å². The second-order valence-corrected chi connectivity index (χ2v) is 7.51. The second-order valence-electron chi connectivity index (χ2n) is 7.51. The summed E-state index contributed by atoms with van der Waals surface area (Å²) in [5.41, 5.74) is 3.22. The fraction of sp³-hybridized carbons (Fsp3) is 0.143. The zero-order chi connectivity index (χ0) is 21.5. The third-order valence-electron chi connectivity index (χ3n) is 5.41. The van der Waals surface area contributed by atoms with Crippen molar-refractivity contribution in [3.8, 4) is 0 Å². The molecule has 0 radical (unpaired) electrons. The molecule has 0 spiro atoms. The molecule has 3 heteroatoms. The van der Waals surface area contributed by atoms with Crippen LogP contribution in [0.4, 0.5) is 0 Å². The third kappa shape index (κ3) is 5.09. The van der Waals surface area contributed by atoms with Crippen molar-refractivity contribution >= 4 is 0 Å². The fourth-order valence-electron chi connectivity index (χ4n) is 3.76. The normalized spacial score (nSPS) is 15.0. The van der Waals surface area contributed by atoms with Crippen LogP contribution in [0.15, 0.2) is 121 Å². The Kier molecular flexibility index (Phi) is 6.90. The van der Waals surface area contributed by atoms with Crippen LogP contribution in [0.25, 0.3) is 0 Å². The summed E-state index contributed by atoms with van der Waals surface area (Å²) in [5, 5.41) is 22.6. The minimum absolute atomic E-state index is 0.660. The van der Waals surface area contributed by atoms with E-state index in [-0.39, 0.29) is 0 Å². The van der Waals surface area contributed by atoms with Crippen molar-refractivity contribution in [2.75, 3.05) is 0 Å². The van der Waals surface area contributed by atoms with Gasteiger partial charge in [-0.3, -0.25) is 0 Å². The molecule has 4 atom stereocenters. The predicted octanol–water partition coefficient (Wildman–Crippen LogP) is 5.95. The van der Waals surface area contributed by atoms with Crippen molar-refractivity contribution in [3.63, 3.8) is 0 Å². The van der Waals surface area contributed by atoms with Gasteiger partial charge in [0.15, 0.2) is 0 Å². The monoisotopic (exact) mass is 410 g/mol.